The smallest absolute Gasteiger partial charge is 0.214 e. The lowest BCUT2D eigenvalue weighted by molar-refractivity contribution is 0.125. The molecule has 3 rings (SSSR count). The maximum atomic E-state index is 10.3. The number of aromatic nitrogens is 4. The second-order valence-electron chi connectivity index (χ2n) is 6.21. The molecule has 0 saturated heterocycles. The summed E-state index contributed by atoms with van der Waals surface area (Å²) in [5, 5.41) is 22.7. The molecule has 0 aliphatic rings. The Morgan fingerprint density at radius 1 is 1.08 bits per heavy atom. The molecule has 0 radical (unpaired) electrons. The molecule has 0 aliphatic carbocycles. The van der Waals surface area contributed by atoms with Crippen LogP contribution in [0.2, 0.25) is 0 Å². The van der Waals surface area contributed by atoms with Crippen LogP contribution in [0.25, 0.3) is 5.69 Å². The second kappa shape index (κ2) is 8.33. The number of aliphatic hydroxyl groups is 1. The Balaban J connectivity index is 1.58. The van der Waals surface area contributed by atoms with Crippen LogP contribution >= 0.6 is 11.8 Å². The fourth-order valence-corrected chi connectivity index (χ4v) is 3.34. The molecular weight excluding hydrogens is 348 g/mol. The number of tetrazole rings is 1. The number of ether oxygens (including phenoxy) is 1. The van der Waals surface area contributed by atoms with Crippen molar-refractivity contribution in [1.29, 1.82) is 0 Å². The molecule has 1 aromatic heterocycles. The zero-order valence-corrected chi connectivity index (χ0v) is 15.9. The van der Waals surface area contributed by atoms with Gasteiger partial charge in [0.1, 0.15) is 12.4 Å². The van der Waals surface area contributed by atoms with Gasteiger partial charge in [0.15, 0.2) is 0 Å². The van der Waals surface area contributed by atoms with Gasteiger partial charge in [0.2, 0.25) is 5.16 Å². The third-order valence-corrected chi connectivity index (χ3v) is 5.02. The van der Waals surface area contributed by atoms with Crippen molar-refractivity contribution in [1.82, 2.24) is 20.2 Å². The molecule has 26 heavy (non-hydrogen) atoms. The summed E-state index contributed by atoms with van der Waals surface area (Å²) < 4.78 is 7.48. The van der Waals surface area contributed by atoms with Gasteiger partial charge in [0.05, 0.1) is 11.8 Å². The van der Waals surface area contributed by atoms with Gasteiger partial charge in [0, 0.05) is 5.75 Å². The van der Waals surface area contributed by atoms with Crippen LogP contribution in [-0.2, 0) is 0 Å². The van der Waals surface area contributed by atoms with E-state index in [1.54, 1.807) is 4.68 Å². The monoisotopic (exact) mass is 370 g/mol. The van der Waals surface area contributed by atoms with Gasteiger partial charge in [-0.2, -0.15) is 4.68 Å². The van der Waals surface area contributed by atoms with Crippen LogP contribution in [0.15, 0.2) is 47.6 Å². The van der Waals surface area contributed by atoms with Crippen molar-refractivity contribution in [3.05, 3.63) is 59.2 Å². The van der Waals surface area contributed by atoms with Gasteiger partial charge in [-0.1, -0.05) is 47.7 Å². The molecule has 0 fully saturated rings. The first-order valence-corrected chi connectivity index (χ1v) is 9.38. The van der Waals surface area contributed by atoms with Crippen molar-refractivity contribution in [3.63, 3.8) is 0 Å². The van der Waals surface area contributed by atoms with Crippen molar-refractivity contribution in [2.75, 3.05) is 12.4 Å². The molecule has 6 nitrogen and oxygen atoms in total. The first-order chi connectivity index (χ1) is 12.5. The summed E-state index contributed by atoms with van der Waals surface area (Å²) in [6, 6.07) is 14.0. The molecule has 7 heteroatoms. The minimum atomic E-state index is -0.623. The molecule has 0 unspecified atom stereocenters. The van der Waals surface area contributed by atoms with Crippen LogP contribution in [-0.4, -0.2) is 43.8 Å². The molecule has 0 bridgehead atoms. The van der Waals surface area contributed by atoms with Crippen molar-refractivity contribution >= 4 is 11.8 Å². The fraction of sp³-hybridized carbons (Fsp3) is 0.316. The van der Waals surface area contributed by atoms with E-state index in [4.69, 9.17) is 4.74 Å². The summed E-state index contributed by atoms with van der Waals surface area (Å²) in [4.78, 5) is 0. The lowest BCUT2D eigenvalue weighted by atomic mass is 10.1. The van der Waals surface area contributed by atoms with E-state index in [1.165, 1.54) is 17.3 Å². The third-order valence-electron chi connectivity index (χ3n) is 3.95. The topological polar surface area (TPSA) is 73.1 Å². The summed E-state index contributed by atoms with van der Waals surface area (Å²) >= 11 is 1.40. The summed E-state index contributed by atoms with van der Waals surface area (Å²) in [5.41, 5.74) is 4.20. The van der Waals surface area contributed by atoms with Crippen LogP contribution < -0.4 is 4.74 Å². The van der Waals surface area contributed by atoms with Gasteiger partial charge in [-0.25, -0.2) is 0 Å². The van der Waals surface area contributed by atoms with Crippen LogP contribution in [0, 0.1) is 20.8 Å². The van der Waals surface area contributed by atoms with E-state index in [0.29, 0.717) is 10.9 Å². The number of nitrogens with zero attached hydrogens (tertiary/aromatic N) is 4. The number of aliphatic hydroxyl groups excluding tert-OH is 1. The van der Waals surface area contributed by atoms with Crippen molar-refractivity contribution in [2.45, 2.75) is 32.0 Å². The van der Waals surface area contributed by atoms with Crippen LogP contribution in [0.3, 0.4) is 0 Å². The van der Waals surface area contributed by atoms with Gasteiger partial charge in [-0.05, 0) is 54.5 Å². The number of rotatable bonds is 7. The molecule has 0 saturated carbocycles. The lowest BCUT2D eigenvalue weighted by Crippen LogP contribution is -2.21. The van der Waals surface area contributed by atoms with Crippen LogP contribution in [0.1, 0.15) is 16.7 Å². The van der Waals surface area contributed by atoms with Crippen molar-refractivity contribution in [3.8, 4) is 11.4 Å². The summed E-state index contributed by atoms with van der Waals surface area (Å²) in [6.07, 6.45) is -0.623. The normalized spacial score (nSPS) is 12.2. The molecule has 136 valence electrons. The number of hydrogen-bond donors (Lipinski definition) is 1. The first-order valence-electron chi connectivity index (χ1n) is 8.40. The molecule has 0 amide bonds. The highest BCUT2D eigenvalue weighted by molar-refractivity contribution is 7.99. The quantitative estimate of drug-likeness (QED) is 0.644. The maximum absolute atomic E-state index is 10.3. The SMILES string of the molecule is Cc1ccc(-n2nnnc2SC[C@H](O)COc2c(C)cccc2C)cc1. The zero-order chi connectivity index (χ0) is 18.5. The van der Waals surface area contributed by atoms with E-state index in [2.05, 4.69) is 15.5 Å². The summed E-state index contributed by atoms with van der Waals surface area (Å²) in [7, 11) is 0. The molecule has 3 aromatic rings. The number of para-hydroxylation sites is 1. The summed E-state index contributed by atoms with van der Waals surface area (Å²) in [6.45, 7) is 6.26. The Hall–Kier alpha value is -2.38. The Morgan fingerprint density at radius 3 is 2.46 bits per heavy atom. The molecule has 1 heterocycles. The van der Waals surface area contributed by atoms with Crippen molar-refractivity contribution in [2.24, 2.45) is 0 Å². The molecule has 1 N–H and O–H groups in total. The predicted octanol–water partition coefficient (Wildman–Crippen LogP) is 3.12. The highest BCUT2D eigenvalue weighted by atomic mass is 32.2. The highest BCUT2D eigenvalue weighted by Gasteiger charge is 2.13. The van der Waals surface area contributed by atoms with E-state index in [1.807, 2.05) is 63.2 Å². The van der Waals surface area contributed by atoms with E-state index < -0.39 is 6.10 Å². The van der Waals surface area contributed by atoms with E-state index in [-0.39, 0.29) is 6.61 Å². The average Bonchev–Trinajstić information content (AvgIpc) is 3.09. The molecule has 0 aliphatic heterocycles. The van der Waals surface area contributed by atoms with Gasteiger partial charge in [-0.3, -0.25) is 0 Å². The van der Waals surface area contributed by atoms with Crippen LogP contribution in [0.4, 0.5) is 0 Å². The maximum Gasteiger partial charge on any atom is 0.214 e. The van der Waals surface area contributed by atoms with Crippen molar-refractivity contribution < 1.29 is 9.84 Å². The predicted molar refractivity (Wildman–Crippen MR) is 102 cm³/mol. The first kappa shape index (κ1) is 18.4. The van der Waals surface area contributed by atoms with Gasteiger partial charge in [-0.15, -0.1) is 5.10 Å². The van der Waals surface area contributed by atoms with Gasteiger partial charge in [0.25, 0.3) is 0 Å². The molecule has 2 aromatic carbocycles. The minimum absolute atomic E-state index is 0.227. The lowest BCUT2D eigenvalue weighted by Gasteiger charge is -2.15. The third kappa shape index (κ3) is 4.42. The fourth-order valence-electron chi connectivity index (χ4n) is 2.54. The number of thioether (sulfide) groups is 1. The van der Waals surface area contributed by atoms with Gasteiger partial charge < -0.3 is 9.84 Å². The largest absolute Gasteiger partial charge is 0.490 e. The standard InChI is InChI=1S/C19H22N4O2S/c1-13-7-9-16(10-8-13)23-19(20-21-22-23)26-12-17(24)11-25-18-14(2)5-4-6-15(18)3/h4-10,17,24H,11-12H2,1-3H3/t17-/m1/s1. The van der Waals surface area contributed by atoms with Gasteiger partial charge >= 0.3 is 0 Å². The Morgan fingerprint density at radius 2 is 1.77 bits per heavy atom. The van der Waals surface area contributed by atoms with E-state index in [9.17, 15) is 5.11 Å². The van der Waals surface area contributed by atoms with Crippen LogP contribution in [0.5, 0.6) is 5.75 Å². The highest BCUT2D eigenvalue weighted by Crippen LogP contribution is 2.23. The minimum Gasteiger partial charge on any atom is -0.490 e. The van der Waals surface area contributed by atoms with E-state index in [0.717, 1.165) is 22.6 Å². The molecule has 0 spiro atoms. The number of benzene rings is 2. The zero-order valence-electron chi connectivity index (χ0n) is 15.1. The Labute approximate surface area is 157 Å². The second-order valence-corrected chi connectivity index (χ2v) is 7.19. The molecular formula is C19H22N4O2S. The molecule has 1 atom stereocenters. The number of aryl methyl sites for hydroxylation is 3. The Kier molecular flexibility index (Phi) is 5.90. The number of hydrogen-bond acceptors (Lipinski definition) is 6. The average molecular weight is 370 g/mol. The Bertz CT molecular complexity index is 844. The van der Waals surface area contributed by atoms with E-state index >= 15 is 0 Å². The summed E-state index contributed by atoms with van der Waals surface area (Å²) in [5.74, 6) is 1.28.